The van der Waals surface area contributed by atoms with Gasteiger partial charge in [-0.1, -0.05) is 13.3 Å². The molecule has 4 heteroatoms. The number of unbranched alkanes of at least 4 members (excludes halogenated alkanes) is 1. The Morgan fingerprint density at radius 2 is 2.20 bits per heavy atom. The molecule has 0 radical (unpaired) electrons. The SMILES string of the molecule is CCCCn1c(=O)cc2ccc(Br)cn21. The van der Waals surface area contributed by atoms with E-state index >= 15 is 0 Å². The number of pyridine rings is 1. The first kappa shape index (κ1) is 10.5. The van der Waals surface area contributed by atoms with Crippen molar-refractivity contribution in [3.8, 4) is 0 Å². The molecule has 0 aliphatic carbocycles. The maximum Gasteiger partial charge on any atom is 0.267 e. The summed E-state index contributed by atoms with van der Waals surface area (Å²) in [4.78, 5) is 11.7. The molecule has 0 N–H and O–H groups in total. The van der Waals surface area contributed by atoms with Gasteiger partial charge >= 0.3 is 0 Å². The zero-order valence-electron chi connectivity index (χ0n) is 8.61. The minimum atomic E-state index is 0.0709. The highest BCUT2D eigenvalue weighted by Gasteiger charge is 2.03. The molecule has 2 aromatic rings. The molecule has 0 bridgehead atoms. The summed E-state index contributed by atoms with van der Waals surface area (Å²) in [6.45, 7) is 2.90. The van der Waals surface area contributed by atoms with Crippen LogP contribution in [0.1, 0.15) is 19.8 Å². The molecule has 2 heterocycles. The van der Waals surface area contributed by atoms with Crippen molar-refractivity contribution >= 4 is 21.4 Å². The zero-order chi connectivity index (χ0) is 10.8. The van der Waals surface area contributed by atoms with Crippen molar-refractivity contribution in [3.05, 3.63) is 39.2 Å². The largest absolute Gasteiger partial charge is 0.268 e. The Morgan fingerprint density at radius 1 is 1.40 bits per heavy atom. The highest BCUT2D eigenvalue weighted by atomic mass is 79.9. The van der Waals surface area contributed by atoms with Crippen LogP contribution >= 0.6 is 15.9 Å². The standard InChI is InChI=1S/C11H13BrN2O/c1-2-3-6-13-11(15)7-10-5-4-9(12)8-14(10)13/h4-5,7-8H,2-3,6H2,1H3. The lowest BCUT2D eigenvalue weighted by Crippen LogP contribution is -2.18. The molecule has 2 aromatic heterocycles. The van der Waals surface area contributed by atoms with Crippen LogP contribution in [0.3, 0.4) is 0 Å². The van der Waals surface area contributed by atoms with Gasteiger partial charge in [0.2, 0.25) is 0 Å². The maximum atomic E-state index is 11.7. The third kappa shape index (κ3) is 2.00. The lowest BCUT2D eigenvalue weighted by Gasteiger charge is -2.05. The molecule has 0 fully saturated rings. The Hall–Kier alpha value is -1.03. The first-order valence-electron chi connectivity index (χ1n) is 5.10. The van der Waals surface area contributed by atoms with E-state index in [4.69, 9.17) is 0 Å². The normalized spacial score (nSPS) is 11.1. The molecule has 15 heavy (non-hydrogen) atoms. The van der Waals surface area contributed by atoms with Crippen LogP contribution in [0, 0.1) is 0 Å². The monoisotopic (exact) mass is 268 g/mol. The summed E-state index contributed by atoms with van der Waals surface area (Å²) in [5.74, 6) is 0. The van der Waals surface area contributed by atoms with Gasteiger partial charge in [-0.25, -0.2) is 4.68 Å². The van der Waals surface area contributed by atoms with Gasteiger partial charge in [-0.05, 0) is 34.5 Å². The van der Waals surface area contributed by atoms with E-state index < -0.39 is 0 Å². The molecule has 0 saturated heterocycles. The summed E-state index contributed by atoms with van der Waals surface area (Å²) in [7, 11) is 0. The lowest BCUT2D eigenvalue weighted by molar-refractivity contribution is 0.529. The van der Waals surface area contributed by atoms with E-state index in [9.17, 15) is 4.79 Å². The first-order chi connectivity index (χ1) is 7.22. The number of nitrogens with zero attached hydrogens (tertiary/aromatic N) is 2. The fraction of sp³-hybridized carbons (Fsp3) is 0.364. The van der Waals surface area contributed by atoms with Crippen molar-refractivity contribution in [2.24, 2.45) is 0 Å². The number of aryl methyl sites for hydroxylation is 1. The topological polar surface area (TPSA) is 26.4 Å². The van der Waals surface area contributed by atoms with E-state index in [0.717, 1.165) is 29.4 Å². The maximum absolute atomic E-state index is 11.7. The fourth-order valence-electron chi connectivity index (χ4n) is 1.63. The van der Waals surface area contributed by atoms with Gasteiger partial charge in [0.1, 0.15) is 0 Å². The van der Waals surface area contributed by atoms with Gasteiger partial charge < -0.3 is 0 Å². The van der Waals surface area contributed by atoms with E-state index in [1.807, 2.05) is 22.8 Å². The molecule has 0 aliphatic heterocycles. The van der Waals surface area contributed by atoms with Crippen LogP contribution in [0.5, 0.6) is 0 Å². The van der Waals surface area contributed by atoms with E-state index in [0.29, 0.717) is 0 Å². The number of halogens is 1. The molecular formula is C11H13BrN2O. The van der Waals surface area contributed by atoms with E-state index in [-0.39, 0.29) is 5.56 Å². The van der Waals surface area contributed by atoms with Crippen molar-refractivity contribution in [2.75, 3.05) is 0 Å². The van der Waals surface area contributed by atoms with Crippen molar-refractivity contribution in [2.45, 2.75) is 26.3 Å². The lowest BCUT2D eigenvalue weighted by atomic mass is 10.3. The van der Waals surface area contributed by atoms with Crippen molar-refractivity contribution < 1.29 is 0 Å². The molecule has 80 valence electrons. The predicted octanol–water partition coefficient (Wildman–Crippen LogP) is 2.66. The minimum Gasteiger partial charge on any atom is -0.268 e. The van der Waals surface area contributed by atoms with Crippen molar-refractivity contribution in [3.63, 3.8) is 0 Å². The van der Waals surface area contributed by atoms with E-state index in [2.05, 4.69) is 22.9 Å². The molecule has 3 nitrogen and oxygen atoms in total. The second-order valence-electron chi connectivity index (χ2n) is 3.58. The van der Waals surface area contributed by atoms with Crippen LogP contribution in [-0.2, 0) is 6.54 Å². The molecular weight excluding hydrogens is 256 g/mol. The van der Waals surface area contributed by atoms with Crippen molar-refractivity contribution in [1.82, 2.24) is 9.20 Å². The van der Waals surface area contributed by atoms with Crippen LogP contribution in [0.2, 0.25) is 0 Å². The van der Waals surface area contributed by atoms with Gasteiger partial charge in [0.25, 0.3) is 5.56 Å². The fourth-order valence-corrected chi connectivity index (χ4v) is 1.96. The summed E-state index contributed by atoms with van der Waals surface area (Å²) >= 11 is 3.41. The number of fused-ring (bicyclic) bond motifs is 1. The number of rotatable bonds is 3. The smallest absolute Gasteiger partial charge is 0.267 e. The number of aromatic nitrogens is 2. The zero-order valence-corrected chi connectivity index (χ0v) is 10.2. The highest BCUT2D eigenvalue weighted by molar-refractivity contribution is 9.10. The van der Waals surface area contributed by atoms with E-state index in [1.165, 1.54) is 0 Å². The summed E-state index contributed by atoms with van der Waals surface area (Å²) in [5.41, 5.74) is 1.01. The summed E-state index contributed by atoms with van der Waals surface area (Å²) < 4.78 is 4.65. The highest BCUT2D eigenvalue weighted by Crippen LogP contribution is 2.11. The molecule has 0 aromatic carbocycles. The molecule has 0 saturated carbocycles. The van der Waals surface area contributed by atoms with Crippen LogP contribution in [0.25, 0.3) is 5.52 Å². The third-order valence-electron chi connectivity index (χ3n) is 2.43. The van der Waals surface area contributed by atoms with Gasteiger partial charge in [-0.15, -0.1) is 0 Å². The van der Waals surface area contributed by atoms with Crippen LogP contribution in [0.15, 0.2) is 33.7 Å². The summed E-state index contributed by atoms with van der Waals surface area (Å²) in [6.07, 6.45) is 4.04. The van der Waals surface area contributed by atoms with Gasteiger partial charge in [0.05, 0.1) is 5.52 Å². The quantitative estimate of drug-likeness (QED) is 0.841. The van der Waals surface area contributed by atoms with Crippen LogP contribution in [-0.4, -0.2) is 9.20 Å². The average Bonchev–Trinajstić information content (AvgIpc) is 2.51. The first-order valence-corrected chi connectivity index (χ1v) is 5.89. The summed E-state index contributed by atoms with van der Waals surface area (Å²) in [5, 5.41) is 0. The summed E-state index contributed by atoms with van der Waals surface area (Å²) in [6, 6.07) is 5.55. The second-order valence-corrected chi connectivity index (χ2v) is 4.49. The third-order valence-corrected chi connectivity index (χ3v) is 2.90. The molecule has 2 rings (SSSR count). The molecule has 0 amide bonds. The Labute approximate surface area is 96.4 Å². The predicted molar refractivity (Wildman–Crippen MR) is 64.3 cm³/mol. The van der Waals surface area contributed by atoms with Crippen LogP contribution in [0.4, 0.5) is 0 Å². The Bertz CT molecular complexity index is 527. The molecule has 0 atom stereocenters. The van der Waals surface area contributed by atoms with Gasteiger partial charge in [-0.2, -0.15) is 0 Å². The van der Waals surface area contributed by atoms with Gasteiger partial charge in [0, 0.05) is 23.3 Å². The average molecular weight is 269 g/mol. The number of hydrogen-bond acceptors (Lipinski definition) is 1. The van der Waals surface area contributed by atoms with E-state index in [1.54, 1.807) is 10.7 Å². The molecule has 0 aliphatic rings. The molecule has 0 unspecified atom stereocenters. The second kappa shape index (κ2) is 4.23. The Kier molecular flexibility index (Phi) is 2.95. The molecule has 0 spiro atoms. The Morgan fingerprint density at radius 3 is 2.93 bits per heavy atom. The number of hydrogen-bond donors (Lipinski definition) is 0. The Balaban J connectivity index is 2.55. The van der Waals surface area contributed by atoms with Gasteiger partial charge in [0.15, 0.2) is 0 Å². The van der Waals surface area contributed by atoms with Crippen LogP contribution < -0.4 is 5.56 Å². The van der Waals surface area contributed by atoms with Crippen molar-refractivity contribution in [1.29, 1.82) is 0 Å². The minimum absolute atomic E-state index is 0.0709. The van der Waals surface area contributed by atoms with Gasteiger partial charge in [-0.3, -0.25) is 9.31 Å².